The smallest absolute Gasteiger partial charge is 0.161 e. The summed E-state index contributed by atoms with van der Waals surface area (Å²) in [5.41, 5.74) is 2.07. The Labute approximate surface area is 165 Å². The molecule has 0 radical (unpaired) electrons. The van der Waals surface area contributed by atoms with Crippen LogP contribution >= 0.6 is 0 Å². The molecule has 1 fully saturated rings. The summed E-state index contributed by atoms with van der Waals surface area (Å²) in [4.78, 5) is 15.8. The topological polar surface area (TPSA) is 71.8 Å². The van der Waals surface area contributed by atoms with Gasteiger partial charge >= 0.3 is 0 Å². The number of rotatable bonds is 6. The maximum absolute atomic E-state index is 4.84. The second-order valence-corrected chi connectivity index (χ2v) is 7.50. The molecule has 2 aromatic heterocycles. The van der Waals surface area contributed by atoms with Gasteiger partial charge in [-0.1, -0.05) is 30.3 Å². The molecule has 0 amide bonds. The van der Waals surface area contributed by atoms with E-state index in [4.69, 9.17) is 4.98 Å². The third-order valence-corrected chi connectivity index (χ3v) is 5.14. The van der Waals surface area contributed by atoms with E-state index in [0.29, 0.717) is 12.1 Å². The van der Waals surface area contributed by atoms with Crippen molar-refractivity contribution in [3.05, 3.63) is 54.7 Å². The molecule has 1 aliphatic heterocycles. The van der Waals surface area contributed by atoms with Gasteiger partial charge in [0.05, 0.1) is 6.54 Å². The average Bonchev–Trinajstić information content (AvgIpc) is 3.21. The van der Waals surface area contributed by atoms with Gasteiger partial charge in [-0.25, -0.2) is 15.0 Å². The molecule has 146 valence electrons. The molecule has 28 heavy (non-hydrogen) atoms. The number of anilines is 1. The molecule has 0 spiro atoms. The van der Waals surface area contributed by atoms with Crippen molar-refractivity contribution in [2.75, 3.05) is 18.0 Å². The Kier molecular flexibility index (Phi) is 5.62. The molecule has 0 bridgehead atoms. The van der Waals surface area contributed by atoms with E-state index in [0.717, 1.165) is 55.4 Å². The quantitative estimate of drug-likeness (QED) is 0.712. The highest BCUT2D eigenvalue weighted by Gasteiger charge is 2.22. The SMILES string of the molecule is Cc1cc(N2CCC(N[C@H](C)Cn3cncn3)CC2)nc(-c2ccccc2)n1. The second-order valence-electron chi connectivity index (χ2n) is 7.50. The molecule has 0 aliphatic carbocycles. The molecule has 0 unspecified atom stereocenters. The summed E-state index contributed by atoms with van der Waals surface area (Å²) in [6, 6.07) is 13.2. The molecular formula is C21H27N7. The van der Waals surface area contributed by atoms with Crippen LogP contribution in [0, 0.1) is 6.92 Å². The van der Waals surface area contributed by atoms with Crippen molar-refractivity contribution < 1.29 is 0 Å². The predicted octanol–water partition coefficient (Wildman–Crippen LogP) is 2.69. The number of nitrogens with one attached hydrogen (secondary N) is 1. The molecule has 4 rings (SSSR count). The molecule has 7 nitrogen and oxygen atoms in total. The first kappa shape index (κ1) is 18.6. The third kappa shape index (κ3) is 4.54. The minimum Gasteiger partial charge on any atom is -0.356 e. The van der Waals surface area contributed by atoms with Crippen molar-refractivity contribution in [3.63, 3.8) is 0 Å². The number of benzene rings is 1. The first-order valence-electron chi connectivity index (χ1n) is 9.92. The molecular weight excluding hydrogens is 350 g/mol. The van der Waals surface area contributed by atoms with E-state index in [9.17, 15) is 0 Å². The summed E-state index contributed by atoms with van der Waals surface area (Å²) >= 11 is 0. The van der Waals surface area contributed by atoms with Crippen LogP contribution < -0.4 is 10.2 Å². The Morgan fingerprint density at radius 3 is 2.64 bits per heavy atom. The fourth-order valence-corrected chi connectivity index (χ4v) is 3.77. The fourth-order valence-electron chi connectivity index (χ4n) is 3.77. The number of aryl methyl sites for hydroxylation is 1. The zero-order valence-corrected chi connectivity index (χ0v) is 16.5. The molecule has 1 atom stereocenters. The van der Waals surface area contributed by atoms with Gasteiger partial charge in [0, 0.05) is 42.5 Å². The fraction of sp³-hybridized carbons (Fsp3) is 0.429. The Morgan fingerprint density at radius 1 is 1.14 bits per heavy atom. The van der Waals surface area contributed by atoms with Crippen LogP contribution in [0.1, 0.15) is 25.5 Å². The summed E-state index contributed by atoms with van der Waals surface area (Å²) in [6.45, 7) is 7.08. The largest absolute Gasteiger partial charge is 0.356 e. The van der Waals surface area contributed by atoms with Gasteiger partial charge in [-0.3, -0.25) is 4.68 Å². The highest BCUT2D eigenvalue weighted by atomic mass is 15.3. The average molecular weight is 377 g/mol. The van der Waals surface area contributed by atoms with Crippen molar-refractivity contribution in [3.8, 4) is 11.4 Å². The van der Waals surface area contributed by atoms with E-state index in [2.05, 4.69) is 50.4 Å². The molecule has 1 saturated heterocycles. The van der Waals surface area contributed by atoms with Crippen molar-refractivity contribution in [2.45, 2.75) is 45.3 Å². The Balaban J connectivity index is 1.36. The van der Waals surface area contributed by atoms with Crippen molar-refractivity contribution in [1.29, 1.82) is 0 Å². The van der Waals surface area contributed by atoms with Gasteiger partial charge in [0.2, 0.25) is 0 Å². The van der Waals surface area contributed by atoms with Gasteiger partial charge in [-0.15, -0.1) is 0 Å². The lowest BCUT2D eigenvalue weighted by Crippen LogP contribution is -2.46. The maximum Gasteiger partial charge on any atom is 0.161 e. The molecule has 1 N–H and O–H groups in total. The number of hydrogen-bond donors (Lipinski definition) is 1. The lowest BCUT2D eigenvalue weighted by Gasteiger charge is -2.34. The highest BCUT2D eigenvalue weighted by molar-refractivity contribution is 5.57. The number of hydrogen-bond acceptors (Lipinski definition) is 6. The summed E-state index contributed by atoms with van der Waals surface area (Å²) in [5, 5.41) is 7.92. The molecule has 1 aromatic carbocycles. The van der Waals surface area contributed by atoms with Crippen molar-refractivity contribution >= 4 is 5.82 Å². The lowest BCUT2D eigenvalue weighted by molar-refractivity contribution is 0.347. The number of aromatic nitrogens is 5. The minimum absolute atomic E-state index is 0.365. The van der Waals surface area contributed by atoms with E-state index in [1.807, 2.05) is 29.8 Å². The molecule has 3 aromatic rings. The monoisotopic (exact) mass is 377 g/mol. The van der Waals surface area contributed by atoms with Crippen LogP contribution in [0.5, 0.6) is 0 Å². The number of nitrogens with zero attached hydrogens (tertiary/aromatic N) is 6. The van der Waals surface area contributed by atoms with Crippen LogP contribution in [0.2, 0.25) is 0 Å². The van der Waals surface area contributed by atoms with Crippen LogP contribution in [0.3, 0.4) is 0 Å². The van der Waals surface area contributed by atoms with E-state index in [-0.39, 0.29) is 0 Å². The zero-order valence-electron chi connectivity index (χ0n) is 16.5. The highest BCUT2D eigenvalue weighted by Crippen LogP contribution is 2.23. The summed E-state index contributed by atoms with van der Waals surface area (Å²) in [6.07, 6.45) is 5.55. The standard InChI is InChI=1S/C21H27N7/c1-16-12-20(26-21(25-16)18-6-4-3-5-7-18)27-10-8-19(9-11-27)24-17(2)13-28-15-22-14-23-28/h3-7,12,14-15,17,19,24H,8-11,13H2,1-2H3/t17-/m1/s1. The van der Waals surface area contributed by atoms with E-state index >= 15 is 0 Å². The third-order valence-electron chi connectivity index (χ3n) is 5.14. The summed E-state index contributed by atoms with van der Waals surface area (Å²) in [5.74, 6) is 1.83. The first-order valence-corrected chi connectivity index (χ1v) is 9.92. The minimum atomic E-state index is 0.365. The van der Waals surface area contributed by atoms with Gasteiger partial charge in [0.25, 0.3) is 0 Å². The van der Waals surface area contributed by atoms with E-state index < -0.39 is 0 Å². The predicted molar refractivity (Wildman–Crippen MR) is 110 cm³/mol. The Morgan fingerprint density at radius 2 is 1.93 bits per heavy atom. The van der Waals surface area contributed by atoms with Crippen LogP contribution in [0.15, 0.2) is 49.1 Å². The normalized spacial score (nSPS) is 16.3. The Hall–Kier alpha value is -2.80. The van der Waals surface area contributed by atoms with Gasteiger partial charge in [0.15, 0.2) is 5.82 Å². The molecule has 0 saturated carbocycles. The van der Waals surface area contributed by atoms with Crippen molar-refractivity contribution in [2.24, 2.45) is 0 Å². The molecule has 7 heteroatoms. The van der Waals surface area contributed by atoms with Crippen LogP contribution in [-0.2, 0) is 6.54 Å². The van der Waals surface area contributed by atoms with Gasteiger partial charge in [-0.2, -0.15) is 5.10 Å². The maximum atomic E-state index is 4.84. The van der Waals surface area contributed by atoms with E-state index in [1.54, 1.807) is 12.7 Å². The van der Waals surface area contributed by atoms with Gasteiger partial charge < -0.3 is 10.2 Å². The zero-order chi connectivity index (χ0) is 19.3. The lowest BCUT2D eigenvalue weighted by atomic mass is 10.0. The van der Waals surface area contributed by atoms with E-state index in [1.165, 1.54) is 0 Å². The van der Waals surface area contributed by atoms with Crippen LogP contribution in [0.4, 0.5) is 5.82 Å². The second kappa shape index (κ2) is 8.48. The molecule has 1 aliphatic rings. The van der Waals surface area contributed by atoms with Crippen molar-refractivity contribution in [1.82, 2.24) is 30.0 Å². The Bertz CT molecular complexity index is 871. The number of piperidine rings is 1. The summed E-state index contributed by atoms with van der Waals surface area (Å²) < 4.78 is 1.88. The van der Waals surface area contributed by atoms with Crippen LogP contribution in [0.25, 0.3) is 11.4 Å². The van der Waals surface area contributed by atoms with Gasteiger partial charge in [-0.05, 0) is 26.7 Å². The van der Waals surface area contributed by atoms with Crippen LogP contribution in [-0.4, -0.2) is 49.9 Å². The van der Waals surface area contributed by atoms with Gasteiger partial charge in [0.1, 0.15) is 18.5 Å². The summed E-state index contributed by atoms with van der Waals surface area (Å²) in [7, 11) is 0. The first-order chi connectivity index (χ1) is 13.7. The molecule has 3 heterocycles.